The van der Waals surface area contributed by atoms with Crippen LogP contribution in [0, 0.1) is 0 Å². The van der Waals surface area contributed by atoms with Crippen LogP contribution < -0.4 is 9.47 Å². The molecule has 1 heterocycles. The second-order valence-electron chi connectivity index (χ2n) is 6.20. The van der Waals surface area contributed by atoms with Crippen molar-refractivity contribution in [3.63, 3.8) is 0 Å². The highest BCUT2D eigenvalue weighted by molar-refractivity contribution is 6.31. The zero-order valence-electron chi connectivity index (χ0n) is 15.7. The number of allylic oxidation sites excluding steroid dienone is 1. The van der Waals surface area contributed by atoms with Gasteiger partial charge < -0.3 is 14.3 Å². The van der Waals surface area contributed by atoms with Gasteiger partial charge in [-0.2, -0.15) is 0 Å². The van der Waals surface area contributed by atoms with E-state index < -0.39 is 5.97 Å². The van der Waals surface area contributed by atoms with Crippen LogP contribution >= 0.6 is 11.6 Å². The first-order valence-corrected chi connectivity index (χ1v) is 9.07. The second kappa shape index (κ2) is 8.76. The Morgan fingerprint density at radius 3 is 2.68 bits per heavy atom. The number of oxime groups is 1. The van der Waals surface area contributed by atoms with Crippen molar-refractivity contribution in [2.45, 2.75) is 20.0 Å². The van der Waals surface area contributed by atoms with Gasteiger partial charge in [0.1, 0.15) is 6.61 Å². The van der Waals surface area contributed by atoms with Gasteiger partial charge >= 0.3 is 5.97 Å². The summed E-state index contributed by atoms with van der Waals surface area (Å²) in [6.45, 7) is 5.84. The Kier molecular flexibility index (Phi) is 6.16. The van der Waals surface area contributed by atoms with Gasteiger partial charge in [0.2, 0.25) is 0 Å². The monoisotopic (exact) mass is 397 g/mol. The van der Waals surface area contributed by atoms with Gasteiger partial charge in [0.15, 0.2) is 11.5 Å². The molecule has 144 valence electrons. The molecular formula is C22H20ClNO4. The van der Waals surface area contributed by atoms with Crippen LogP contribution in [0.4, 0.5) is 0 Å². The van der Waals surface area contributed by atoms with E-state index in [1.54, 1.807) is 32.3 Å². The lowest BCUT2D eigenvalue weighted by molar-refractivity contribution is -0.136. The Hall–Kier alpha value is -3.05. The van der Waals surface area contributed by atoms with Crippen molar-refractivity contribution in [1.82, 2.24) is 0 Å². The number of benzene rings is 2. The first-order chi connectivity index (χ1) is 13.5. The number of ether oxygens (including phenoxy) is 2. The van der Waals surface area contributed by atoms with Gasteiger partial charge in [0.25, 0.3) is 0 Å². The van der Waals surface area contributed by atoms with Gasteiger partial charge in [-0.15, -0.1) is 6.58 Å². The Balaban J connectivity index is 1.97. The Morgan fingerprint density at radius 1 is 1.25 bits per heavy atom. The molecule has 0 unspecified atom stereocenters. The van der Waals surface area contributed by atoms with Crippen molar-refractivity contribution in [3.8, 4) is 11.5 Å². The Morgan fingerprint density at radius 2 is 2.04 bits per heavy atom. The summed E-state index contributed by atoms with van der Waals surface area (Å²) in [5.74, 6) is 0.698. The largest absolute Gasteiger partial charge is 0.493 e. The molecular weight excluding hydrogens is 378 g/mol. The van der Waals surface area contributed by atoms with E-state index in [0.29, 0.717) is 40.8 Å². The summed E-state index contributed by atoms with van der Waals surface area (Å²) >= 11 is 6.22. The van der Waals surface area contributed by atoms with Gasteiger partial charge in [-0.25, -0.2) is 4.79 Å². The highest BCUT2D eigenvalue weighted by Gasteiger charge is 2.22. The minimum absolute atomic E-state index is 0.304. The Labute approximate surface area is 168 Å². The molecule has 1 aliphatic heterocycles. The molecule has 0 fully saturated rings. The minimum atomic E-state index is -0.471. The van der Waals surface area contributed by atoms with Crippen molar-refractivity contribution in [2.24, 2.45) is 5.16 Å². The predicted octanol–water partition coefficient (Wildman–Crippen LogP) is 4.97. The number of hydrogen-bond donors (Lipinski definition) is 0. The summed E-state index contributed by atoms with van der Waals surface area (Å²) in [6, 6.07) is 11.2. The number of hydrogen-bond acceptors (Lipinski definition) is 5. The highest BCUT2D eigenvalue weighted by atomic mass is 35.5. The third-order valence-electron chi connectivity index (χ3n) is 4.25. The van der Waals surface area contributed by atoms with Crippen LogP contribution in [0.5, 0.6) is 11.5 Å². The number of carbonyl (C=O) groups excluding carboxylic acids is 1. The van der Waals surface area contributed by atoms with Crippen LogP contribution in [-0.4, -0.2) is 18.8 Å². The van der Waals surface area contributed by atoms with Gasteiger partial charge in [-0.3, -0.25) is 0 Å². The van der Waals surface area contributed by atoms with Crippen LogP contribution in [0.1, 0.15) is 23.6 Å². The summed E-state index contributed by atoms with van der Waals surface area (Å²) < 4.78 is 11.6. The van der Waals surface area contributed by atoms with Crippen LogP contribution in [0.3, 0.4) is 0 Å². The van der Waals surface area contributed by atoms with Crippen LogP contribution in [0.15, 0.2) is 59.8 Å². The van der Waals surface area contributed by atoms with Gasteiger partial charge in [0.05, 0.1) is 18.4 Å². The maximum atomic E-state index is 11.8. The molecule has 1 aliphatic rings. The standard InChI is InChI=1S/C22H20ClNO4/c1-4-7-16-10-15(11-18-14(2)24-28-22(18)25)12-20(26-3)21(16)27-13-17-8-5-6-9-19(17)23/h4-6,8-12H,1,7,13H2,2-3H3/b18-11-. The van der Waals surface area contributed by atoms with Crippen molar-refractivity contribution < 1.29 is 19.1 Å². The SMILES string of the molecule is C=CCc1cc(/C=C2\C(=O)ON=C2C)cc(OC)c1OCc1ccccc1Cl. The molecule has 5 nitrogen and oxygen atoms in total. The topological polar surface area (TPSA) is 57.1 Å². The second-order valence-corrected chi connectivity index (χ2v) is 6.60. The van der Waals surface area contributed by atoms with Crippen LogP contribution in [-0.2, 0) is 22.7 Å². The zero-order valence-corrected chi connectivity index (χ0v) is 16.5. The van der Waals surface area contributed by atoms with E-state index >= 15 is 0 Å². The molecule has 0 radical (unpaired) electrons. The van der Waals surface area contributed by atoms with E-state index in [4.69, 9.17) is 25.9 Å². The average Bonchev–Trinajstić information content (AvgIpc) is 3.00. The highest BCUT2D eigenvalue weighted by Crippen LogP contribution is 2.35. The molecule has 0 amide bonds. The van der Waals surface area contributed by atoms with Crippen molar-refractivity contribution >= 4 is 29.4 Å². The van der Waals surface area contributed by atoms with Crippen LogP contribution in [0.2, 0.25) is 5.02 Å². The van der Waals surface area contributed by atoms with Crippen LogP contribution in [0.25, 0.3) is 6.08 Å². The van der Waals surface area contributed by atoms with E-state index in [2.05, 4.69) is 11.7 Å². The van der Waals surface area contributed by atoms with E-state index in [0.717, 1.165) is 16.7 Å². The molecule has 28 heavy (non-hydrogen) atoms. The fourth-order valence-electron chi connectivity index (χ4n) is 2.84. The fourth-order valence-corrected chi connectivity index (χ4v) is 3.03. The number of methoxy groups -OCH3 is 1. The molecule has 0 saturated carbocycles. The summed E-state index contributed by atoms with van der Waals surface area (Å²) in [5, 5.41) is 4.34. The minimum Gasteiger partial charge on any atom is -0.493 e. The molecule has 0 spiro atoms. The molecule has 0 bridgehead atoms. The molecule has 0 atom stereocenters. The lowest BCUT2D eigenvalue weighted by atomic mass is 10.0. The zero-order chi connectivity index (χ0) is 20.1. The summed E-state index contributed by atoms with van der Waals surface area (Å²) in [6.07, 6.45) is 4.08. The molecule has 0 saturated heterocycles. The van der Waals surface area contributed by atoms with Gasteiger partial charge in [-0.1, -0.05) is 41.0 Å². The lowest BCUT2D eigenvalue weighted by Gasteiger charge is -2.16. The first-order valence-electron chi connectivity index (χ1n) is 8.69. The molecule has 0 N–H and O–H groups in total. The normalized spacial score (nSPS) is 14.6. The van der Waals surface area contributed by atoms with E-state index in [-0.39, 0.29) is 0 Å². The summed E-state index contributed by atoms with van der Waals surface area (Å²) in [4.78, 5) is 16.5. The fraction of sp³-hybridized carbons (Fsp3) is 0.182. The molecule has 2 aromatic carbocycles. The van der Waals surface area contributed by atoms with Crippen molar-refractivity contribution in [3.05, 3.63) is 76.3 Å². The molecule has 6 heteroatoms. The number of nitrogens with zero attached hydrogens (tertiary/aromatic N) is 1. The third-order valence-corrected chi connectivity index (χ3v) is 4.62. The smallest absolute Gasteiger partial charge is 0.367 e. The van der Waals surface area contributed by atoms with E-state index in [1.807, 2.05) is 30.3 Å². The van der Waals surface area contributed by atoms with Gasteiger partial charge in [0, 0.05) is 16.1 Å². The Bertz CT molecular complexity index is 978. The van der Waals surface area contributed by atoms with Crippen molar-refractivity contribution in [2.75, 3.05) is 7.11 Å². The maximum absolute atomic E-state index is 11.8. The lowest BCUT2D eigenvalue weighted by Crippen LogP contribution is -2.04. The molecule has 0 aliphatic carbocycles. The third kappa shape index (κ3) is 4.26. The average molecular weight is 398 g/mol. The van der Waals surface area contributed by atoms with Gasteiger partial charge in [-0.05, 0) is 43.2 Å². The molecule has 2 aromatic rings. The quantitative estimate of drug-likeness (QED) is 0.376. The maximum Gasteiger partial charge on any atom is 0.367 e. The van der Waals surface area contributed by atoms with Crippen molar-refractivity contribution in [1.29, 1.82) is 0 Å². The van der Waals surface area contributed by atoms with E-state index in [1.165, 1.54) is 0 Å². The first kappa shape index (κ1) is 19.7. The van der Waals surface area contributed by atoms with E-state index in [9.17, 15) is 4.79 Å². The molecule has 3 rings (SSSR count). The summed E-state index contributed by atoms with van der Waals surface area (Å²) in [5.41, 5.74) is 3.49. The number of carbonyl (C=O) groups is 1. The number of halogens is 1. The summed E-state index contributed by atoms with van der Waals surface area (Å²) in [7, 11) is 1.57. The molecule has 0 aromatic heterocycles. The predicted molar refractivity (Wildman–Crippen MR) is 110 cm³/mol. The number of rotatable bonds is 7.